The van der Waals surface area contributed by atoms with Gasteiger partial charge in [0.25, 0.3) is 10.2 Å². The van der Waals surface area contributed by atoms with Crippen LogP contribution in [-0.4, -0.2) is 59.5 Å². The first-order chi connectivity index (χ1) is 9.41. The fourth-order valence-electron chi connectivity index (χ4n) is 2.22. The average molecular weight is 318 g/mol. The number of aryl methyl sites for hydroxylation is 1. The summed E-state index contributed by atoms with van der Waals surface area (Å²) in [6.07, 6.45) is 5.58. The van der Waals surface area contributed by atoms with Crippen molar-refractivity contribution in [2.24, 2.45) is 13.0 Å². The number of thioether (sulfide) groups is 1. The lowest BCUT2D eigenvalue weighted by Gasteiger charge is -2.32. The van der Waals surface area contributed by atoms with Gasteiger partial charge in [0, 0.05) is 52.4 Å². The van der Waals surface area contributed by atoms with Crippen LogP contribution in [-0.2, 0) is 17.3 Å². The third-order valence-electron chi connectivity index (χ3n) is 3.59. The second kappa shape index (κ2) is 6.46. The van der Waals surface area contributed by atoms with Crippen LogP contribution in [0.3, 0.4) is 0 Å². The standard InChI is InChI=1S/C12H22N4O2S2/c1-14(2)20(17,18)16-7-4-11(5-8-16)10-19-12-13-6-9-15(12)3/h6,9,11H,4-5,7-8,10H2,1-3H3. The normalized spacial score (nSPS) is 18.8. The van der Waals surface area contributed by atoms with E-state index in [1.165, 1.54) is 4.31 Å². The summed E-state index contributed by atoms with van der Waals surface area (Å²) in [5.41, 5.74) is 0. The van der Waals surface area contributed by atoms with E-state index in [4.69, 9.17) is 0 Å². The Morgan fingerprint density at radius 3 is 2.55 bits per heavy atom. The minimum atomic E-state index is -3.24. The summed E-state index contributed by atoms with van der Waals surface area (Å²) in [6.45, 7) is 1.23. The topological polar surface area (TPSA) is 58.4 Å². The lowest BCUT2D eigenvalue weighted by atomic mass is 10.0. The van der Waals surface area contributed by atoms with Crippen molar-refractivity contribution in [2.45, 2.75) is 18.0 Å². The zero-order valence-electron chi connectivity index (χ0n) is 12.2. The molecule has 0 bridgehead atoms. The van der Waals surface area contributed by atoms with Crippen LogP contribution in [0.4, 0.5) is 0 Å². The Bertz CT molecular complexity index is 533. The predicted octanol–water partition coefficient (Wildman–Crippen LogP) is 1.03. The molecule has 1 aromatic rings. The van der Waals surface area contributed by atoms with Crippen LogP contribution in [0.5, 0.6) is 0 Å². The highest BCUT2D eigenvalue weighted by atomic mass is 32.2. The van der Waals surface area contributed by atoms with Crippen molar-refractivity contribution in [3.8, 4) is 0 Å². The molecule has 0 amide bonds. The molecule has 0 radical (unpaired) electrons. The molecule has 6 nitrogen and oxygen atoms in total. The van der Waals surface area contributed by atoms with Gasteiger partial charge in [0.2, 0.25) is 0 Å². The van der Waals surface area contributed by atoms with E-state index in [0.717, 1.165) is 23.8 Å². The van der Waals surface area contributed by atoms with E-state index in [9.17, 15) is 8.42 Å². The number of hydrogen-bond donors (Lipinski definition) is 0. The average Bonchev–Trinajstić information content (AvgIpc) is 2.82. The molecular formula is C12H22N4O2S2. The smallest absolute Gasteiger partial charge is 0.281 e. The number of piperidine rings is 1. The van der Waals surface area contributed by atoms with Gasteiger partial charge in [-0.15, -0.1) is 0 Å². The molecule has 1 saturated heterocycles. The predicted molar refractivity (Wildman–Crippen MR) is 80.8 cm³/mol. The van der Waals surface area contributed by atoms with E-state index in [1.54, 1.807) is 36.4 Å². The molecule has 0 atom stereocenters. The van der Waals surface area contributed by atoms with Gasteiger partial charge < -0.3 is 4.57 Å². The zero-order valence-corrected chi connectivity index (χ0v) is 13.8. The fraction of sp³-hybridized carbons (Fsp3) is 0.750. The first-order valence-corrected chi connectivity index (χ1v) is 9.07. The highest BCUT2D eigenvalue weighted by Gasteiger charge is 2.29. The summed E-state index contributed by atoms with van der Waals surface area (Å²) in [6, 6.07) is 0. The Morgan fingerprint density at radius 2 is 2.05 bits per heavy atom. The maximum absolute atomic E-state index is 12.0. The van der Waals surface area contributed by atoms with Gasteiger partial charge in [-0.2, -0.15) is 17.0 Å². The van der Waals surface area contributed by atoms with E-state index in [0.29, 0.717) is 19.0 Å². The van der Waals surface area contributed by atoms with Gasteiger partial charge in [-0.05, 0) is 18.8 Å². The quantitative estimate of drug-likeness (QED) is 0.761. The number of aromatic nitrogens is 2. The first kappa shape index (κ1) is 15.8. The van der Waals surface area contributed by atoms with Crippen LogP contribution in [0.25, 0.3) is 0 Å². The van der Waals surface area contributed by atoms with Gasteiger partial charge in [-0.1, -0.05) is 11.8 Å². The number of hydrogen-bond acceptors (Lipinski definition) is 4. The molecule has 0 aliphatic carbocycles. The molecular weight excluding hydrogens is 296 g/mol. The molecule has 1 aliphatic rings. The molecule has 0 saturated carbocycles. The SMILES string of the molecule is CN(C)S(=O)(=O)N1CCC(CSc2nccn2C)CC1. The molecule has 1 fully saturated rings. The van der Waals surface area contributed by atoms with E-state index in [1.807, 2.05) is 17.8 Å². The Morgan fingerprint density at radius 1 is 1.40 bits per heavy atom. The molecule has 1 aromatic heterocycles. The van der Waals surface area contributed by atoms with Gasteiger partial charge in [0.15, 0.2) is 5.16 Å². The van der Waals surface area contributed by atoms with Gasteiger partial charge in [-0.25, -0.2) is 4.98 Å². The summed E-state index contributed by atoms with van der Waals surface area (Å²) >= 11 is 1.75. The van der Waals surface area contributed by atoms with Crippen molar-refractivity contribution in [1.82, 2.24) is 18.2 Å². The van der Waals surface area contributed by atoms with Gasteiger partial charge in [0.1, 0.15) is 0 Å². The summed E-state index contributed by atoms with van der Waals surface area (Å²) in [5.74, 6) is 1.56. The number of nitrogens with zero attached hydrogens (tertiary/aromatic N) is 4. The van der Waals surface area contributed by atoms with Gasteiger partial charge in [-0.3, -0.25) is 0 Å². The molecule has 8 heteroatoms. The van der Waals surface area contributed by atoms with Crippen LogP contribution in [0.2, 0.25) is 0 Å². The molecule has 0 aromatic carbocycles. The van der Waals surface area contributed by atoms with Gasteiger partial charge >= 0.3 is 0 Å². The highest BCUT2D eigenvalue weighted by molar-refractivity contribution is 7.99. The minimum absolute atomic E-state index is 0.560. The van der Waals surface area contributed by atoms with E-state index in [-0.39, 0.29) is 0 Å². The monoisotopic (exact) mass is 318 g/mol. The molecule has 0 N–H and O–H groups in total. The second-order valence-electron chi connectivity index (χ2n) is 5.26. The van der Waals surface area contributed by atoms with Crippen LogP contribution in [0, 0.1) is 5.92 Å². The van der Waals surface area contributed by atoms with Crippen molar-refractivity contribution >= 4 is 22.0 Å². The molecule has 0 unspecified atom stereocenters. The molecule has 114 valence electrons. The number of rotatable bonds is 5. The van der Waals surface area contributed by atoms with E-state index >= 15 is 0 Å². The second-order valence-corrected chi connectivity index (χ2v) is 8.39. The minimum Gasteiger partial charge on any atom is -0.329 e. The lowest BCUT2D eigenvalue weighted by Crippen LogP contribution is -2.44. The lowest BCUT2D eigenvalue weighted by molar-refractivity contribution is 0.277. The molecule has 2 rings (SSSR count). The van der Waals surface area contributed by atoms with Crippen molar-refractivity contribution in [2.75, 3.05) is 32.9 Å². The Kier molecular flexibility index (Phi) is 5.11. The Hall–Kier alpha value is -0.570. The largest absolute Gasteiger partial charge is 0.329 e. The molecule has 1 aliphatic heterocycles. The summed E-state index contributed by atoms with van der Waals surface area (Å²) in [7, 11) is 1.91. The highest BCUT2D eigenvalue weighted by Crippen LogP contribution is 2.26. The van der Waals surface area contributed by atoms with E-state index < -0.39 is 10.2 Å². The maximum atomic E-state index is 12.0. The summed E-state index contributed by atoms with van der Waals surface area (Å²) in [4.78, 5) is 4.29. The third-order valence-corrected chi connectivity index (χ3v) is 6.82. The van der Waals surface area contributed by atoms with Crippen molar-refractivity contribution in [3.05, 3.63) is 12.4 Å². The Balaban J connectivity index is 1.82. The summed E-state index contributed by atoms with van der Waals surface area (Å²) < 4.78 is 28.9. The van der Waals surface area contributed by atoms with E-state index in [2.05, 4.69) is 4.98 Å². The first-order valence-electron chi connectivity index (χ1n) is 6.69. The summed E-state index contributed by atoms with van der Waals surface area (Å²) in [5, 5.41) is 1.02. The van der Waals surface area contributed by atoms with Crippen LogP contribution in [0.15, 0.2) is 17.6 Å². The maximum Gasteiger partial charge on any atom is 0.281 e. The molecule has 2 heterocycles. The number of imidazole rings is 1. The van der Waals surface area contributed by atoms with Crippen molar-refractivity contribution in [1.29, 1.82) is 0 Å². The Labute approximate surface area is 125 Å². The van der Waals surface area contributed by atoms with Crippen LogP contribution in [0.1, 0.15) is 12.8 Å². The van der Waals surface area contributed by atoms with Crippen molar-refractivity contribution < 1.29 is 8.42 Å². The third kappa shape index (κ3) is 3.55. The fourth-order valence-corrected chi connectivity index (χ4v) is 4.47. The van der Waals surface area contributed by atoms with Crippen LogP contribution < -0.4 is 0 Å². The molecule has 0 spiro atoms. The van der Waals surface area contributed by atoms with Gasteiger partial charge in [0.05, 0.1) is 0 Å². The zero-order chi connectivity index (χ0) is 14.8. The van der Waals surface area contributed by atoms with Crippen molar-refractivity contribution in [3.63, 3.8) is 0 Å². The van der Waals surface area contributed by atoms with Crippen LogP contribution >= 0.6 is 11.8 Å². The molecule has 20 heavy (non-hydrogen) atoms.